The summed E-state index contributed by atoms with van der Waals surface area (Å²) in [6, 6.07) is 2.33. The molecule has 0 saturated heterocycles. The molecule has 0 fully saturated rings. The fourth-order valence-electron chi connectivity index (χ4n) is 2.91. The summed E-state index contributed by atoms with van der Waals surface area (Å²) in [5.74, 6) is 0. The molecule has 22 heavy (non-hydrogen) atoms. The molecular weight excluding hydrogens is 342 g/mol. The number of amides is 2. The third-order valence-corrected chi connectivity index (χ3v) is 4.41. The quantitative estimate of drug-likeness (QED) is 0.875. The predicted octanol–water partition coefficient (Wildman–Crippen LogP) is 3.53. The maximum absolute atomic E-state index is 12.0. The zero-order chi connectivity index (χ0) is 15.7. The monoisotopic (exact) mass is 361 g/mol. The first-order valence-electron chi connectivity index (χ1n) is 7.64. The number of halogens is 1. The van der Waals surface area contributed by atoms with Gasteiger partial charge in [-0.25, -0.2) is 4.79 Å². The number of hydrogen-bond donors (Lipinski definition) is 1. The molecule has 1 N–H and O–H groups in total. The van der Waals surface area contributed by atoms with Crippen LogP contribution in [0.4, 0.5) is 4.79 Å². The van der Waals surface area contributed by atoms with Crippen LogP contribution in [0.3, 0.4) is 0 Å². The van der Waals surface area contributed by atoms with E-state index in [1.165, 1.54) is 16.7 Å². The van der Waals surface area contributed by atoms with Gasteiger partial charge >= 0.3 is 6.03 Å². The first kappa shape index (κ1) is 15.3. The zero-order valence-electron chi connectivity index (χ0n) is 12.9. The fraction of sp³-hybridized carbons (Fsp3) is 0.412. The van der Waals surface area contributed by atoms with Crippen LogP contribution in [0.5, 0.6) is 0 Å². The molecule has 0 radical (unpaired) electrons. The molecule has 1 aliphatic carbocycles. The van der Waals surface area contributed by atoms with Gasteiger partial charge in [-0.2, -0.15) is 0 Å². The predicted molar refractivity (Wildman–Crippen MR) is 91.6 cm³/mol. The van der Waals surface area contributed by atoms with Crippen LogP contribution in [0.1, 0.15) is 31.5 Å². The van der Waals surface area contributed by atoms with Gasteiger partial charge in [-0.05, 0) is 53.4 Å². The summed E-state index contributed by atoms with van der Waals surface area (Å²) >= 11 is 3.50. The van der Waals surface area contributed by atoms with Crippen LogP contribution in [0, 0.1) is 0 Å². The minimum absolute atomic E-state index is 0.0236. The number of fused-ring (bicyclic) bond motifs is 1. The molecule has 0 bridgehead atoms. The number of carbonyl (C=O) groups is 1. The maximum atomic E-state index is 12.0. The molecule has 3 rings (SSSR count). The molecule has 0 atom stereocenters. The summed E-state index contributed by atoms with van der Waals surface area (Å²) in [6.45, 7) is 5.39. The van der Waals surface area contributed by atoms with E-state index in [4.69, 9.17) is 0 Å². The number of urea groups is 1. The molecule has 0 saturated carbocycles. The molecule has 0 spiro atoms. The number of rotatable bonds is 2. The van der Waals surface area contributed by atoms with E-state index in [1.807, 2.05) is 24.9 Å². The number of hydrogen-bond acceptors (Lipinski definition) is 2. The Labute approximate surface area is 139 Å². The Morgan fingerprint density at radius 1 is 1.41 bits per heavy atom. The molecule has 0 aromatic carbocycles. The third-order valence-electron chi connectivity index (χ3n) is 3.98. The molecule has 5 heteroatoms. The number of nitrogens with zero attached hydrogens (tertiary/aromatic N) is 2. The summed E-state index contributed by atoms with van der Waals surface area (Å²) in [5, 5.41) is 2.95. The van der Waals surface area contributed by atoms with Crippen molar-refractivity contribution in [1.82, 2.24) is 15.2 Å². The number of pyridine rings is 1. The normalized spacial score (nSPS) is 17.2. The first-order chi connectivity index (χ1) is 10.5. The van der Waals surface area contributed by atoms with E-state index in [0.717, 1.165) is 29.6 Å². The van der Waals surface area contributed by atoms with Crippen LogP contribution in [-0.4, -0.2) is 35.0 Å². The van der Waals surface area contributed by atoms with Gasteiger partial charge in [0.25, 0.3) is 0 Å². The highest BCUT2D eigenvalue weighted by Crippen LogP contribution is 2.35. The zero-order valence-corrected chi connectivity index (χ0v) is 14.5. The molecule has 1 aromatic heterocycles. The van der Waals surface area contributed by atoms with Crippen molar-refractivity contribution in [1.29, 1.82) is 0 Å². The SMILES string of the molecule is CC(C)NC(=O)N1CC=C(C2=CCc3ncc(Br)cc32)CC1. The van der Waals surface area contributed by atoms with Crippen molar-refractivity contribution in [2.45, 2.75) is 32.7 Å². The summed E-state index contributed by atoms with van der Waals surface area (Å²) in [4.78, 5) is 18.4. The van der Waals surface area contributed by atoms with Gasteiger partial charge in [0.1, 0.15) is 0 Å². The average molecular weight is 362 g/mol. The molecular formula is C17H20BrN3O. The van der Waals surface area contributed by atoms with Crippen molar-refractivity contribution in [2.75, 3.05) is 13.1 Å². The van der Waals surface area contributed by atoms with Crippen molar-refractivity contribution < 1.29 is 4.79 Å². The van der Waals surface area contributed by atoms with Crippen molar-refractivity contribution in [3.63, 3.8) is 0 Å². The van der Waals surface area contributed by atoms with Gasteiger partial charge in [0.2, 0.25) is 0 Å². The lowest BCUT2D eigenvalue weighted by molar-refractivity contribution is 0.199. The first-order valence-corrected chi connectivity index (χ1v) is 8.43. The van der Waals surface area contributed by atoms with Crippen molar-refractivity contribution in [3.05, 3.63) is 45.7 Å². The van der Waals surface area contributed by atoms with Gasteiger partial charge in [0.05, 0.1) is 5.69 Å². The Kier molecular flexibility index (Phi) is 4.34. The van der Waals surface area contributed by atoms with E-state index in [0.29, 0.717) is 6.54 Å². The van der Waals surface area contributed by atoms with Crippen LogP contribution < -0.4 is 5.32 Å². The molecule has 0 unspecified atom stereocenters. The highest BCUT2D eigenvalue weighted by molar-refractivity contribution is 9.10. The van der Waals surface area contributed by atoms with Gasteiger partial charge in [-0.3, -0.25) is 4.98 Å². The number of carbonyl (C=O) groups excluding carboxylic acids is 1. The van der Waals surface area contributed by atoms with Gasteiger partial charge < -0.3 is 10.2 Å². The molecule has 2 aliphatic rings. The Hall–Kier alpha value is -1.62. The lowest BCUT2D eigenvalue weighted by atomic mass is 9.96. The van der Waals surface area contributed by atoms with Crippen LogP contribution in [0.25, 0.3) is 5.57 Å². The van der Waals surface area contributed by atoms with Gasteiger partial charge in [0, 0.05) is 41.8 Å². The van der Waals surface area contributed by atoms with Crippen LogP contribution in [0.15, 0.2) is 34.5 Å². The Bertz CT molecular complexity index is 664. The van der Waals surface area contributed by atoms with Crippen LogP contribution >= 0.6 is 15.9 Å². The third kappa shape index (κ3) is 3.09. The summed E-state index contributed by atoms with van der Waals surface area (Å²) in [7, 11) is 0. The largest absolute Gasteiger partial charge is 0.336 e. The van der Waals surface area contributed by atoms with Crippen molar-refractivity contribution >= 4 is 27.5 Å². The topological polar surface area (TPSA) is 45.2 Å². The van der Waals surface area contributed by atoms with E-state index in [1.54, 1.807) is 0 Å². The number of aromatic nitrogens is 1. The molecule has 116 valence electrons. The summed E-state index contributed by atoms with van der Waals surface area (Å²) < 4.78 is 1.01. The molecule has 2 amide bonds. The highest BCUT2D eigenvalue weighted by atomic mass is 79.9. The molecule has 1 aliphatic heterocycles. The van der Waals surface area contributed by atoms with E-state index < -0.39 is 0 Å². The van der Waals surface area contributed by atoms with Crippen LogP contribution in [-0.2, 0) is 6.42 Å². The Morgan fingerprint density at radius 3 is 2.91 bits per heavy atom. The Morgan fingerprint density at radius 2 is 2.23 bits per heavy atom. The van der Waals surface area contributed by atoms with Gasteiger partial charge in [-0.15, -0.1) is 0 Å². The molecule has 2 heterocycles. The second kappa shape index (κ2) is 6.24. The second-order valence-corrected chi connectivity index (χ2v) is 6.91. The smallest absolute Gasteiger partial charge is 0.317 e. The number of nitrogens with one attached hydrogen (secondary N) is 1. The van der Waals surface area contributed by atoms with E-state index in [2.05, 4.69) is 44.4 Å². The van der Waals surface area contributed by atoms with Crippen molar-refractivity contribution in [2.24, 2.45) is 0 Å². The summed E-state index contributed by atoms with van der Waals surface area (Å²) in [5.41, 5.74) is 4.97. The molecule has 1 aromatic rings. The van der Waals surface area contributed by atoms with Gasteiger partial charge in [-0.1, -0.05) is 12.2 Å². The lowest BCUT2D eigenvalue weighted by Crippen LogP contribution is -2.44. The van der Waals surface area contributed by atoms with E-state index >= 15 is 0 Å². The fourth-order valence-corrected chi connectivity index (χ4v) is 3.24. The maximum Gasteiger partial charge on any atom is 0.317 e. The lowest BCUT2D eigenvalue weighted by Gasteiger charge is -2.28. The van der Waals surface area contributed by atoms with E-state index in [9.17, 15) is 4.79 Å². The van der Waals surface area contributed by atoms with Crippen molar-refractivity contribution in [3.8, 4) is 0 Å². The highest BCUT2D eigenvalue weighted by Gasteiger charge is 2.23. The average Bonchev–Trinajstić information content (AvgIpc) is 2.89. The summed E-state index contributed by atoms with van der Waals surface area (Å²) in [6.07, 6.45) is 8.06. The minimum Gasteiger partial charge on any atom is -0.336 e. The standard InChI is InChI=1S/C17H20BrN3O/c1-11(2)20-17(22)21-7-5-12(6-8-21)14-3-4-16-15(14)9-13(18)10-19-16/h3,5,9-11H,4,6-8H2,1-2H3,(H,20,22). The number of allylic oxidation sites excluding steroid dienone is 2. The van der Waals surface area contributed by atoms with E-state index in [-0.39, 0.29) is 12.1 Å². The second-order valence-electron chi connectivity index (χ2n) is 6.00. The minimum atomic E-state index is 0.0236. The van der Waals surface area contributed by atoms with Gasteiger partial charge in [0.15, 0.2) is 0 Å². The van der Waals surface area contributed by atoms with Crippen LogP contribution in [0.2, 0.25) is 0 Å². The Balaban J connectivity index is 1.73. The molecule has 4 nitrogen and oxygen atoms in total.